The zero-order valence-corrected chi connectivity index (χ0v) is 23.0. The Kier molecular flexibility index (Phi) is 11.1. The molecule has 5 atom stereocenters. The molecule has 1 aromatic carbocycles. The number of amides is 3. The smallest absolute Gasteiger partial charge is 0.328 e. The molecule has 216 valence electrons. The number of hydrogen-bond donors (Lipinski definition) is 8. The fraction of sp³-hybridized carbons (Fsp3) is 0.423. The average Bonchev–Trinajstić information content (AvgIpc) is 3.59. The van der Waals surface area contributed by atoms with Gasteiger partial charge in [-0.3, -0.25) is 14.4 Å². The molecule has 9 N–H and O–H groups in total. The number of carboxylic acids is 1. The molecule has 0 fully saturated rings. The number of carbonyl (C=O) groups is 4. The number of H-pyrrole nitrogens is 2. The highest BCUT2D eigenvalue weighted by Gasteiger charge is 2.32. The number of thioether (sulfide) groups is 1. The molecule has 13 nitrogen and oxygen atoms in total. The van der Waals surface area contributed by atoms with Crippen LogP contribution in [0.15, 0.2) is 43.0 Å². The third-order valence-electron chi connectivity index (χ3n) is 6.36. The van der Waals surface area contributed by atoms with Gasteiger partial charge in [-0.05, 0) is 37.0 Å². The van der Waals surface area contributed by atoms with Gasteiger partial charge in [-0.15, -0.1) is 0 Å². The molecule has 2 heterocycles. The summed E-state index contributed by atoms with van der Waals surface area (Å²) in [7, 11) is 0. The van der Waals surface area contributed by atoms with Gasteiger partial charge in [-0.2, -0.15) is 11.8 Å². The molecule has 40 heavy (non-hydrogen) atoms. The highest BCUT2D eigenvalue weighted by Crippen LogP contribution is 2.19. The number of nitrogens with one attached hydrogen (secondary N) is 5. The van der Waals surface area contributed by atoms with Crippen molar-refractivity contribution in [3.05, 3.63) is 54.2 Å². The Morgan fingerprint density at radius 1 is 1.02 bits per heavy atom. The summed E-state index contributed by atoms with van der Waals surface area (Å²) in [4.78, 5) is 61.2. The van der Waals surface area contributed by atoms with Gasteiger partial charge in [0.15, 0.2) is 6.04 Å². The first kappa shape index (κ1) is 30.7. The van der Waals surface area contributed by atoms with Crippen LogP contribution in [0.4, 0.5) is 0 Å². The van der Waals surface area contributed by atoms with E-state index in [1.54, 1.807) is 6.20 Å². The van der Waals surface area contributed by atoms with Crippen LogP contribution in [0.2, 0.25) is 0 Å². The van der Waals surface area contributed by atoms with Gasteiger partial charge in [0.1, 0.15) is 12.1 Å². The molecule has 0 saturated carbocycles. The molecule has 3 aromatic rings. The van der Waals surface area contributed by atoms with Crippen LogP contribution in [0, 0.1) is 0 Å². The minimum atomic E-state index is -1.59. The lowest BCUT2D eigenvalue weighted by Gasteiger charge is -2.25. The fourth-order valence-electron chi connectivity index (χ4n) is 4.12. The van der Waals surface area contributed by atoms with E-state index in [0.29, 0.717) is 23.4 Å². The average molecular weight is 574 g/mol. The summed E-state index contributed by atoms with van der Waals surface area (Å²) in [6, 6.07) is 2.61. The number of para-hydroxylation sites is 1. The number of aliphatic carboxylic acids is 1. The van der Waals surface area contributed by atoms with Crippen molar-refractivity contribution in [1.82, 2.24) is 30.9 Å². The van der Waals surface area contributed by atoms with E-state index in [1.807, 2.05) is 30.5 Å². The summed E-state index contributed by atoms with van der Waals surface area (Å²) in [6.07, 6.45) is 5.61. The van der Waals surface area contributed by atoms with E-state index in [0.717, 1.165) is 10.9 Å². The topological polar surface area (TPSA) is 215 Å². The summed E-state index contributed by atoms with van der Waals surface area (Å²) in [5.74, 6) is -2.78. The predicted molar refractivity (Wildman–Crippen MR) is 150 cm³/mol. The van der Waals surface area contributed by atoms with Crippen molar-refractivity contribution >= 4 is 46.4 Å². The molecule has 5 unspecified atom stereocenters. The lowest BCUT2D eigenvalue weighted by Crippen LogP contribution is -2.59. The molecule has 14 heteroatoms. The Labute approximate surface area is 235 Å². The fourth-order valence-corrected chi connectivity index (χ4v) is 4.61. The maximum Gasteiger partial charge on any atom is 0.328 e. The van der Waals surface area contributed by atoms with E-state index in [1.165, 1.54) is 31.2 Å². The third-order valence-corrected chi connectivity index (χ3v) is 7.00. The van der Waals surface area contributed by atoms with Crippen LogP contribution in [0.3, 0.4) is 0 Å². The second-order valence-electron chi connectivity index (χ2n) is 9.42. The molecular weight excluding hydrogens is 538 g/mol. The highest BCUT2D eigenvalue weighted by molar-refractivity contribution is 7.98. The van der Waals surface area contributed by atoms with Crippen LogP contribution in [0.1, 0.15) is 24.6 Å². The van der Waals surface area contributed by atoms with Crippen molar-refractivity contribution in [1.29, 1.82) is 0 Å². The zero-order chi connectivity index (χ0) is 29.2. The number of carbonyl (C=O) groups excluding carboxylic acids is 3. The van der Waals surface area contributed by atoms with Crippen molar-refractivity contribution in [3.63, 3.8) is 0 Å². The summed E-state index contributed by atoms with van der Waals surface area (Å²) in [6.45, 7) is 1.24. The number of fused-ring (bicyclic) bond motifs is 1. The monoisotopic (exact) mass is 573 g/mol. The number of nitrogens with zero attached hydrogens (tertiary/aromatic N) is 1. The predicted octanol–water partition coefficient (Wildman–Crippen LogP) is -0.324. The molecule has 3 rings (SSSR count). The highest BCUT2D eigenvalue weighted by atomic mass is 32.2. The molecular formula is C26H35N7O6S. The largest absolute Gasteiger partial charge is 0.480 e. The number of aromatic nitrogens is 3. The standard InChI is InChI=1S/C26H35N7O6S/c1-14(34)22(26(38)39)33-25(37)20(9-15-11-29-19-6-4-3-5-17(15)19)32-24(36)21(10-16-12-28-13-30-16)31-23(35)18(27)7-8-40-2/h3-6,11-14,18,20-22,29,34H,7-10,27H2,1-2H3,(H,28,30)(H,31,35)(H,32,36)(H,33,37)(H,38,39). The lowest BCUT2D eigenvalue weighted by molar-refractivity contribution is -0.145. The van der Waals surface area contributed by atoms with Gasteiger partial charge in [-0.1, -0.05) is 18.2 Å². The normalized spacial score (nSPS) is 15.0. The molecule has 0 saturated heterocycles. The van der Waals surface area contributed by atoms with Crippen molar-refractivity contribution in [3.8, 4) is 0 Å². The van der Waals surface area contributed by atoms with Gasteiger partial charge in [-0.25, -0.2) is 9.78 Å². The van der Waals surface area contributed by atoms with E-state index in [2.05, 4.69) is 30.9 Å². The number of aliphatic hydroxyl groups excluding tert-OH is 1. The molecule has 2 aromatic heterocycles. The minimum Gasteiger partial charge on any atom is -0.480 e. The summed E-state index contributed by atoms with van der Waals surface area (Å²) >= 11 is 1.54. The first-order chi connectivity index (χ1) is 19.1. The molecule has 0 bridgehead atoms. The lowest BCUT2D eigenvalue weighted by atomic mass is 10.0. The van der Waals surface area contributed by atoms with Gasteiger partial charge in [0.05, 0.1) is 18.5 Å². The van der Waals surface area contributed by atoms with Crippen LogP contribution >= 0.6 is 11.8 Å². The van der Waals surface area contributed by atoms with E-state index in [4.69, 9.17) is 5.73 Å². The van der Waals surface area contributed by atoms with Gasteiger partial charge >= 0.3 is 5.97 Å². The van der Waals surface area contributed by atoms with E-state index in [-0.39, 0.29) is 12.8 Å². The molecule has 0 aliphatic rings. The molecule has 0 radical (unpaired) electrons. The number of carboxylic acid groups (broad SMARTS) is 1. The number of rotatable bonds is 15. The number of benzene rings is 1. The first-order valence-electron chi connectivity index (χ1n) is 12.7. The Morgan fingerprint density at radius 3 is 2.35 bits per heavy atom. The van der Waals surface area contributed by atoms with Crippen LogP contribution in [-0.2, 0) is 32.0 Å². The van der Waals surface area contributed by atoms with Crippen molar-refractivity contribution in [2.75, 3.05) is 12.0 Å². The molecule has 0 spiro atoms. The Bertz CT molecular complexity index is 1300. The molecule has 0 aliphatic carbocycles. The number of aromatic amines is 2. The summed E-state index contributed by atoms with van der Waals surface area (Å²) < 4.78 is 0. The minimum absolute atomic E-state index is 0.00565. The van der Waals surface area contributed by atoms with Crippen LogP contribution in [0.5, 0.6) is 0 Å². The summed E-state index contributed by atoms with van der Waals surface area (Å²) in [5.41, 5.74) is 8.09. The quantitative estimate of drug-likeness (QED) is 0.119. The first-order valence-corrected chi connectivity index (χ1v) is 14.1. The maximum atomic E-state index is 13.5. The Balaban J connectivity index is 1.87. The van der Waals surface area contributed by atoms with Crippen molar-refractivity contribution in [2.45, 2.75) is 56.5 Å². The SMILES string of the molecule is CSCCC(N)C(=O)NC(Cc1cnc[nH]1)C(=O)NC(Cc1c[nH]c2ccccc12)C(=O)NC(C(=O)O)C(C)O. The van der Waals surface area contributed by atoms with Gasteiger partial charge in [0.25, 0.3) is 0 Å². The van der Waals surface area contributed by atoms with Crippen molar-refractivity contribution < 1.29 is 29.4 Å². The number of aliphatic hydroxyl groups is 1. The van der Waals surface area contributed by atoms with E-state index < -0.39 is 54.0 Å². The Hall–Kier alpha value is -3.88. The second-order valence-corrected chi connectivity index (χ2v) is 10.4. The summed E-state index contributed by atoms with van der Waals surface area (Å²) in [5, 5.41) is 27.8. The Morgan fingerprint density at radius 2 is 1.70 bits per heavy atom. The molecule has 3 amide bonds. The third kappa shape index (κ3) is 8.31. The zero-order valence-electron chi connectivity index (χ0n) is 22.2. The van der Waals surface area contributed by atoms with Gasteiger partial charge in [0.2, 0.25) is 17.7 Å². The van der Waals surface area contributed by atoms with Crippen LogP contribution < -0.4 is 21.7 Å². The van der Waals surface area contributed by atoms with E-state index in [9.17, 15) is 29.4 Å². The molecule has 0 aliphatic heterocycles. The van der Waals surface area contributed by atoms with E-state index >= 15 is 0 Å². The van der Waals surface area contributed by atoms with Gasteiger partial charge in [0, 0.05) is 41.8 Å². The number of nitrogens with two attached hydrogens (primary N) is 1. The number of imidazole rings is 1. The number of hydrogen-bond acceptors (Lipinski definition) is 8. The van der Waals surface area contributed by atoms with Crippen molar-refractivity contribution in [2.24, 2.45) is 5.73 Å². The van der Waals surface area contributed by atoms with Crippen LogP contribution in [-0.4, -0.2) is 91.1 Å². The maximum absolute atomic E-state index is 13.5. The van der Waals surface area contributed by atoms with Crippen LogP contribution in [0.25, 0.3) is 10.9 Å². The second kappa shape index (κ2) is 14.5. The van der Waals surface area contributed by atoms with Gasteiger partial charge < -0.3 is 41.9 Å².